The van der Waals surface area contributed by atoms with E-state index in [4.69, 9.17) is 0 Å². The maximum atomic E-state index is 13.0. The van der Waals surface area contributed by atoms with Crippen LogP contribution in [0.4, 0.5) is 4.39 Å². The summed E-state index contributed by atoms with van der Waals surface area (Å²) in [4.78, 5) is 37.1. The number of pyridine rings is 1. The number of alkyl halides is 1. The van der Waals surface area contributed by atoms with E-state index in [0.717, 1.165) is 0 Å². The SMILES string of the molecule is CCC(C(=O)NC(C)C(=O)CF)c1c(C)ccn(-c2ccccc2)c1=O. The Morgan fingerprint density at radius 2 is 1.85 bits per heavy atom. The lowest BCUT2D eigenvalue weighted by Crippen LogP contribution is -2.43. The van der Waals surface area contributed by atoms with Crippen molar-refractivity contribution in [3.05, 3.63) is 64.1 Å². The van der Waals surface area contributed by atoms with Gasteiger partial charge in [0.1, 0.15) is 6.67 Å². The first-order valence-electron chi connectivity index (χ1n) is 8.57. The van der Waals surface area contributed by atoms with Crippen LogP contribution in [0.25, 0.3) is 5.69 Å². The number of hydrogen-bond acceptors (Lipinski definition) is 3. The number of aromatic nitrogens is 1. The van der Waals surface area contributed by atoms with Crippen molar-refractivity contribution < 1.29 is 14.0 Å². The zero-order valence-corrected chi connectivity index (χ0v) is 15.2. The van der Waals surface area contributed by atoms with Crippen LogP contribution in [0.15, 0.2) is 47.4 Å². The van der Waals surface area contributed by atoms with Gasteiger partial charge in [0.2, 0.25) is 5.91 Å². The van der Waals surface area contributed by atoms with Crippen LogP contribution in [0.1, 0.15) is 37.3 Å². The smallest absolute Gasteiger partial charge is 0.259 e. The Balaban J connectivity index is 2.43. The third kappa shape index (κ3) is 4.07. The Kier molecular flexibility index (Phi) is 6.44. The second-order valence-electron chi connectivity index (χ2n) is 6.21. The number of aryl methyl sites for hydroxylation is 1. The van der Waals surface area contributed by atoms with Crippen molar-refractivity contribution in [2.45, 2.75) is 39.2 Å². The first-order chi connectivity index (χ1) is 12.4. The minimum Gasteiger partial charge on any atom is -0.346 e. The van der Waals surface area contributed by atoms with Crippen molar-refractivity contribution in [1.29, 1.82) is 0 Å². The topological polar surface area (TPSA) is 68.2 Å². The Hall–Kier alpha value is -2.76. The summed E-state index contributed by atoms with van der Waals surface area (Å²) in [5.41, 5.74) is 1.52. The number of hydrogen-bond donors (Lipinski definition) is 1. The van der Waals surface area contributed by atoms with Crippen molar-refractivity contribution >= 4 is 11.7 Å². The molecule has 6 heteroatoms. The lowest BCUT2D eigenvalue weighted by atomic mass is 9.92. The fourth-order valence-electron chi connectivity index (χ4n) is 2.89. The van der Waals surface area contributed by atoms with E-state index in [1.165, 1.54) is 11.5 Å². The second-order valence-corrected chi connectivity index (χ2v) is 6.21. The van der Waals surface area contributed by atoms with Gasteiger partial charge in [-0.25, -0.2) is 4.39 Å². The number of nitrogens with one attached hydrogen (secondary N) is 1. The summed E-state index contributed by atoms with van der Waals surface area (Å²) in [5, 5.41) is 2.52. The van der Waals surface area contributed by atoms with Crippen molar-refractivity contribution in [1.82, 2.24) is 9.88 Å². The average molecular weight is 358 g/mol. The largest absolute Gasteiger partial charge is 0.346 e. The van der Waals surface area contributed by atoms with Gasteiger partial charge in [0.05, 0.1) is 12.0 Å². The monoisotopic (exact) mass is 358 g/mol. The lowest BCUT2D eigenvalue weighted by molar-refractivity contribution is -0.128. The molecule has 1 aromatic heterocycles. The number of benzene rings is 1. The van der Waals surface area contributed by atoms with Crippen LogP contribution in [-0.2, 0) is 9.59 Å². The molecule has 26 heavy (non-hydrogen) atoms. The van der Waals surface area contributed by atoms with Gasteiger partial charge in [0, 0.05) is 17.4 Å². The van der Waals surface area contributed by atoms with Crippen molar-refractivity contribution in [2.75, 3.05) is 6.67 Å². The number of rotatable bonds is 7. The molecule has 0 saturated heterocycles. The molecule has 0 spiro atoms. The minimum absolute atomic E-state index is 0.275. The summed E-state index contributed by atoms with van der Waals surface area (Å²) in [6.07, 6.45) is 2.06. The van der Waals surface area contributed by atoms with Gasteiger partial charge in [-0.3, -0.25) is 19.0 Å². The van der Waals surface area contributed by atoms with E-state index in [2.05, 4.69) is 5.32 Å². The number of nitrogens with zero attached hydrogens (tertiary/aromatic N) is 1. The average Bonchev–Trinajstić information content (AvgIpc) is 2.64. The summed E-state index contributed by atoms with van der Waals surface area (Å²) < 4.78 is 14.0. The first-order valence-corrected chi connectivity index (χ1v) is 8.57. The van der Waals surface area contributed by atoms with E-state index in [0.29, 0.717) is 23.2 Å². The highest BCUT2D eigenvalue weighted by molar-refractivity contribution is 5.91. The van der Waals surface area contributed by atoms with E-state index < -0.39 is 30.3 Å². The Morgan fingerprint density at radius 3 is 2.42 bits per heavy atom. The van der Waals surface area contributed by atoms with E-state index >= 15 is 0 Å². The lowest BCUT2D eigenvalue weighted by Gasteiger charge is -2.20. The van der Waals surface area contributed by atoms with Gasteiger partial charge in [-0.1, -0.05) is 25.1 Å². The molecule has 0 radical (unpaired) electrons. The molecule has 1 aromatic carbocycles. The second kappa shape index (κ2) is 8.56. The van der Waals surface area contributed by atoms with Crippen molar-refractivity contribution in [3.63, 3.8) is 0 Å². The van der Waals surface area contributed by atoms with Gasteiger partial charge in [-0.15, -0.1) is 0 Å². The van der Waals surface area contributed by atoms with Crippen LogP contribution >= 0.6 is 0 Å². The number of para-hydroxylation sites is 1. The predicted octanol–water partition coefficient (Wildman–Crippen LogP) is 2.68. The number of amides is 1. The third-order valence-corrected chi connectivity index (χ3v) is 4.43. The van der Waals surface area contributed by atoms with E-state index in [9.17, 15) is 18.8 Å². The summed E-state index contributed by atoms with van der Waals surface area (Å²) in [6.45, 7) is 3.87. The summed E-state index contributed by atoms with van der Waals surface area (Å²) in [7, 11) is 0. The number of carbonyl (C=O) groups is 2. The highest BCUT2D eigenvalue weighted by atomic mass is 19.1. The van der Waals surface area contributed by atoms with Crippen LogP contribution in [0.3, 0.4) is 0 Å². The van der Waals surface area contributed by atoms with Gasteiger partial charge in [0.25, 0.3) is 5.56 Å². The molecule has 0 saturated carbocycles. The molecule has 2 unspecified atom stereocenters. The van der Waals surface area contributed by atoms with Gasteiger partial charge in [-0.05, 0) is 44.0 Å². The molecule has 0 aliphatic carbocycles. The molecular weight excluding hydrogens is 335 g/mol. The fraction of sp³-hybridized carbons (Fsp3) is 0.350. The molecule has 1 amide bonds. The normalized spacial score (nSPS) is 13.1. The summed E-state index contributed by atoms with van der Waals surface area (Å²) in [6, 6.07) is 9.99. The van der Waals surface area contributed by atoms with Crippen LogP contribution in [0.2, 0.25) is 0 Å². The van der Waals surface area contributed by atoms with E-state index in [1.54, 1.807) is 26.1 Å². The van der Waals surface area contributed by atoms with E-state index in [-0.39, 0.29) is 5.56 Å². The predicted molar refractivity (Wildman–Crippen MR) is 98.4 cm³/mol. The molecule has 0 aliphatic heterocycles. The highest BCUT2D eigenvalue weighted by Crippen LogP contribution is 2.21. The highest BCUT2D eigenvalue weighted by Gasteiger charge is 2.27. The number of ketones is 1. The molecule has 1 heterocycles. The van der Waals surface area contributed by atoms with Gasteiger partial charge in [-0.2, -0.15) is 0 Å². The van der Waals surface area contributed by atoms with Crippen LogP contribution in [0.5, 0.6) is 0 Å². The van der Waals surface area contributed by atoms with Crippen molar-refractivity contribution in [2.24, 2.45) is 0 Å². The fourth-order valence-corrected chi connectivity index (χ4v) is 2.89. The molecular formula is C20H23FN2O3. The quantitative estimate of drug-likeness (QED) is 0.827. The van der Waals surface area contributed by atoms with Crippen LogP contribution in [0, 0.1) is 6.92 Å². The van der Waals surface area contributed by atoms with Crippen LogP contribution in [-0.4, -0.2) is 29.0 Å². The molecule has 1 N–H and O–H groups in total. The summed E-state index contributed by atoms with van der Waals surface area (Å²) >= 11 is 0. The van der Waals surface area contributed by atoms with Gasteiger partial charge >= 0.3 is 0 Å². The van der Waals surface area contributed by atoms with Crippen LogP contribution < -0.4 is 10.9 Å². The molecule has 0 fully saturated rings. The minimum atomic E-state index is -1.14. The van der Waals surface area contributed by atoms with Crippen molar-refractivity contribution in [3.8, 4) is 5.69 Å². The Labute approximate surface area is 151 Å². The molecule has 0 aliphatic rings. The molecule has 138 valence electrons. The zero-order valence-electron chi connectivity index (χ0n) is 15.2. The molecule has 5 nitrogen and oxygen atoms in total. The Morgan fingerprint density at radius 1 is 1.19 bits per heavy atom. The number of Topliss-reactive ketones (excluding diaryl/α,β-unsaturated/α-hetero) is 1. The van der Waals surface area contributed by atoms with Gasteiger partial charge in [0.15, 0.2) is 5.78 Å². The first kappa shape index (κ1) is 19.6. The molecule has 2 aromatic rings. The molecule has 2 atom stereocenters. The maximum absolute atomic E-state index is 13.0. The number of halogens is 1. The van der Waals surface area contributed by atoms with E-state index in [1.807, 2.05) is 30.3 Å². The number of carbonyl (C=O) groups excluding carboxylic acids is 2. The Bertz CT molecular complexity index is 846. The zero-order chi connectivity index (χ0) is 19.3. The molecule has 2 rings (SSSR count). The standard InChI is InChI=1S/C20H23FN2O3/c1-4-16(19(25)22-14(3)17(24)12-21)18-13(2)10-11-23(20(18)26)15-8-6-5-7-9-15/h5-11,14,16H,4,12H2,1-3H3,(H,22,25). The maximum Gasteiger partial charge on any atom is 0.259 e. The van der Waals surface area contributed by atoms with Gasteiger partial charge < -0.3 is 5.32 Å². The third-order valence-electron chi connectivity index (χ3n) is 4.43. The molecule has 0 bridgehead atoms. The summed E-state index contributed by atoms with van der Waals surface area (Å²) in [5.74, 6) is -1.86.